The van der Waals surface area contributed by atoms with Gasteiger partial charge in [-0.2, -0.15) is 5.26 Å². The second kappa shape index (κ2) is 11.9. The fourth-order valence-electron chi connectivity index (χ4n) is 5.59. The molecule has 2 heterocycles. The molecule has 2 aliphatic heterocycles. The first-order chi connectivity index (χ1) is 19.4. The maximum Gasteiger partial charge on any atom is 0.254 e. The topological polar surface area (TPSA) is 124 Å². The number of anilines is 3. The molecule has 5 rings (SSSR count). The van der Waals surface area contributed by atoms with E-state index in [-0.39, 0.29) is 17.7 Å². The molecule has 1 unspecified atom stereocenters. The van der Waals surface area contributed by atoms with Gasteiger partial charge in [0.15, 0.2) is 0 Å². The summed E-state index contributed by atoms with van der Waals surface area (Å²) in [5, 5.41) is 23.6. The third-order valence-corrected chi connectivity index (χ3v) is 8.62. The molecule has 0 radical (unpaired) electrons. The zero-order valence-corrected chi connectivity index (χ0v) is 23.4. The number of para-hydroxylation sites is 2. The summed E-state index contributed by atoms with van der Waals surface area (Å²) in [5.74, 6) is 0.0419. The largest absolute Gasteiger partial charge is 0.506 e. The van der Waals surface area contributed by atoms with Crippen LogP contribution in [0.1, 0.15) is 34.3 Å². The number of piperidine rings is 1. The molecule has 3 aromatic rings. The monoisotopic (exact) mass is 558 g/mol. The van der Waals surface area contributed by atoms with E-state index in [1.807, 2.05) is 48.2 Å². The maximum absolute atomic E-state index is 13.5. The van der Waals surface area contributed by atoms with Crippen LogP contribution < -0.4 is 15.1 Å². The van der Waals surface area contributed by atoms with Crippen molar-refractivity contribution in [1.29, 1.82) is 10.0 Å². The molecule has 208 valence electrons. The zero-order chi connectivity index (χ0) is 28.2. The zero-order valence-electron chi connectivity index (χ0n) is 22.5. The number of thiol groups is 1. The number of nitrogens with one attached hydrogen (secondary N) is 2. The van der Waals surface area contributed by atoms with Gasteiger partial charge in [-0.3, -0.25) is 9.57 Å². The van der Waals surface area contributed by atoms with Crippen LogP contribution in [0.15, 0.2) is 65.6 Å². The Labute approximate surface area is 236 Å². The standard InChI is InChI=1S/C30H34N6O3S/c1-21-18-28(37)25(33-23-10-12-34(13-11-23)26-7-3-2-6-22(26)20-31)19-24(21)30(38)36-16-14-35(15-17-36)27-8-4-5-9-29(27)40(32)39/h2-9,18-19,23,32-33,37,40H,10-17H2,1H3. The minimum absolute atomic E-state index is 0.0806. The lowest BCUT2D eigenvalue weighted by atomic mass is 10.0. The summed E-state index contributed by atoms with van der Waals surface area (Å²) in [6.07, 6.45) is 1.67. The Hall–Kier alpha value is -4.23. The van der Waals surface area contributed by atoms with Crippen LogP contribution in [0, 0.1) is 23.0 Å². The van der Waals surface area contributed by atoms with Gasteiger partial charge in [-0.15, -0.1) is 0 Å². The molecule has 2 fully saturated rings. The molecular weight excluding hydrogens is 524 g/mol. The van der Waals surface area contributed by atoms with Gasteiger partial charge in [-0.25, -0.2) is 4.21 Å². The van der Waals surface area contributed by atoms with Crippen LogP contribution in [-0.4, -0.2) is 65.4 Å². The van der Waals surface area contributed by atoms with Gasteiger partial charge in [0.1, 0.15) is 11.8 Å². The van der Waals surface area contributed by atoms with Crippen molar-refractivity contribution in [3.63, 3.8) is 0 Å². The van der Waals surface area contributed by atoms with Gasteiger partial charge in [0.25, 0.3) is 5.91 Å². The molecule has 10 heteroatoms. The summed E-state index contributed by atoms with van der Waals surface area (Å²) in [4.78, 5) is 20.2. The van der Waals surface area contributed by atoms with E-state index >= 15 is 0 Å². The number of aromatic hydroxyl groups is 1. The van der Waals surface area contributed by atoms with Crippen LogP contribution in [0.5, 0.6) is 5.75 Å². The van der Waals surface area contributed by atoms with Crippen molar-refractivity contribution in [3.05, 3.63) is 77.4 Å². The molecule has 0 aliphatic carbocycles. The molecule has 9 nitrogen and oxygen atoms in total. The average Bonchev–Trinajstić information content (AvgIpc) is 2.98. The molecular formula is C30H34N6O3S. The highest BCUT2D eigenvalue weighted by Gasteiger charge is 2.27. The lowest BCUT2D eigenvalue weighted by Crippen LogP contribution is -2.49. The van der Waals surface area contributed by atoms with Gasteiger partial charge in [-0.1, -0.05) is 24.3 Å². The van der Waals surface area contributed by atoms with Crippen molar-refractivity contribution >= 4 is 33.6 Å². The third kappa shape index (κ3) is 5.70. The Kier molecular flexibility index (Phi) is 8.12. The summed E-state index contributed by atoms with van der Waals surface area (Å²) in [7, 11) is -2.21. The fourth-order valence-corrected chi connectivity index (χ4v) is 6.24. The van der Waals surface area contributed by atoms with Gasteiger partial charge < -0.3 is 25.1 Å². The molecule has 0 bridgehead atoms. The van der Waals surface area contributed by atoms with Crippen LogP contribution in [0.4, 0.5) is 17.1 Å². The average molecular weight is 559 g/mol. The molecule has 1 amide bonds. The number of rotatable bonds is 6. The van der Waals surface area contributed by atoms with Gasteiger partial charge in [0.05, 0.1) is 38.1 Å². The number of hydrogen-bond acceptors (Lipinski definition) is 8. The minimum Gasteiger partial charge on any atom is -0.506 e. The number of nitrogens with zero attached hydrogens (tertiary/aromatic N) is 4. The van der Waals surface area contributed by atoms with E-state index in [2.05, 4.69) is 21.2 Å². The van der Waals surface area contributed by atoms with Crippen LogP contribution in [0.3, 0.4) is 0 Å². The predicted octanol–water partition coefficient (Wildman–Crippen LogP) is 4.22. The van der Waals surface area contributed by atoms with Crippen molar-refractivity contribution in [2.45, 2.75) is 30.7 Å². The molecule has 0 saturated carbocycles. The van der Waals surface area contributed by atoms with Gasteiger partial charge in [0, 0.05) is 50.9 Å². The molecule has 3 aromatic carbocycles. The number of piperazine rings is 1. The molecule has 3 N–H and O–H groups in total. The van der Waals surface area contributed by atoms with Crippen LogP contribution in [0.2, 0.25) is 0 Å². The van der Waals surface area contributed by atoms with Crippen molar-refractivity contribution in [2.75, 3.05) is 54.4 Å². The quantitative estimate of drug-likeness (QED) is 0.264. The second-order valence-electron chi connectivity index (χ2n) is 10.3. The first-order valence-corrected chi connectivity index (χ1v) is 14.8. The number of carbonyl (C=O) groups is 1. The number of nitriles is 1. The van der Waals surface area contributed by atoms with Crippen molar-refractivity contribution in [3.8, 4) is 11.8 Å². The molecule has 0 spiro atoms. The van der Waals surface area contributed by atoms with Crippen LogP contribution >= 0.6 is 0 Å². The number of phenols is 1. The number of benzene rings is 3. The smallest absolute Gasteiger partial charge is 0.254 e. The van der Waals surface area contributed by atoms with Crippen molar-refractivity contribution in [2.24, 2.45) is 0 Å². The van der Waals surface area contributed by atoms with Crippen LogP contribution in [0.25, 0.3) is 0 Å². The van der Waals surface area contributed by atoms with E-state index in [1.165, 1.54) is 0 Å². The Morgan fingerprint density at radius 3 is 2.27 bits per heavy atom. The summed E-state index contributed by atoms with van der Waals surface area (Å²) in [6, 6.07) is 20.7. The third-order valence-electron chi connectivity index (χ3n) is 7.80. The van der Waals surface area contributed by atoms with Gasteiger partial charge >= 0.3 is 0 Å². The summed E-state index contributed by atoms with van der Waals surface area (Å²) in [5.41, 5.74) is 4.24. The number of phenolic OH excluding ortho intramolecular Hbond substituents is 1. The highest BCUT2D eigenvalue weighted by Crippen LogP contribution is 2.32. The Balaban J connectivity index is 1.23. The Morgan fingerprint density at radius 2 is 1.60 bits per heavy atom. The van der Waals surface area contributed by atoms with E-state index < -0.39 is 10.6 Å². The fraction of sp³-hybridized carbons (Fsp3) is 0.333. The van der Waals surface area contributed by atoms with E-state index in [9.17, 15) is 19.4 Å². The molecule has 0 aromatic heterocycles. The van der Waals surface area contributed by atoms with E-state index in [1.54, 1.807) is 24.3 Å². The normalized spacial score (nSPS) is 16.9. The predicted molar refractivity (Wildman–Crippen MR) is 158 cm³/mol. The first-order valence-electron chi connectivity index (χ1n) is 13.5. The number of carbonyl (C=O) groups excluding carboxylic acids is 1. The second-order valence-corrected chi connectivity index (χ2v) is 11.4. The van der Waals surface area contributed by atoms with Gasteiger partial charge in [0.2, 0.25) is 0 Å². The van der Waals surface area contributed by atoms with Crippen molar-refractivity contribution in [1.82, 2.24) is 4.90 Å². The van der Waals surface area contributed by atoms with E-state index in [0.29, 0.717) is 47.9 Å². The lowest BCUT2D eigenvalue weighted by Gasteiger charge is -2.37. The summed E-state index contributed by atoms with van der Waals surface area (Å²) in [6.45, 7) is 5.59. The molecule has 1 atom stereocenters. The number of aryl methyl sites for hydroxylation is 1. The highest BCUT2D eigenvalue weighted by molar-refractivity contribution is 7.73. The SMILES string of the molecule is Cc1cc(O)c(NC2CCN(c3ccccc3C#N)CC2)cc1C(=O)N1CCN(c2ccccc2[SH](=N)=O)CC1. The maximum atomic E-state index is 13.5. The van der Waals surface area contributed by atoms with E-state index in [0.717, 1.165) is 42.9 Å². The molecule has 2 aliphatic rings. The van der Waals surface area contributed by atoms with E-state index in [4.69, 9.17) is 4.78 Å². The lowest BCUT2D eigenvalue weighted by molar-refractivity contribution is 0.0746. The van der Waals surface area contributed by atoms with Gasteiger partial charge in [-0.05, 0) is 61.7 Å². The minimum atomic E-state index is -2.21. The molecule has 2 saturated heterocycles. The number of amides is 1. The summed E-state index contributed by atoms with van der Waals surface area (Å²) < 4.78 is 19.6. The Bertz CT molecular complexity index is 1510. The van der Waals surface area contributed by atoms with Crippen LogP contribution in [-0.2, 0) is 10.6 Å². The Morgan fingerprint density at radius 1 is 0.975 bits per heavy atom. The van der Waals surface area contributed by atoms with Crippen molar-refractivity contribution < 1.29 is 14.1 Å². The first kappa shape index (κ1) is 27.3. The molecule has 40 heavy (non-hydrogen) atoms. The summed E-state index contributed by atoms with van der Waals surface area (Å²) >= 11 is 0. The highest BCUT2D eigenvalue weighted by atomic mass is 32.2. The number of hydrogen-bond donors (Lipinski definition) is 4.